The lowest BCUT2D eigenvalue weighted by Crippen LogP contribution is -2.45. The number of hydrogen-bond donors (Lipinski definition) is 1. The number of carboxylic acid groups (broad SMARTS) is 1. The summed E-state index contributed by atoms with van der Waals surface area (Å²) < 4.78 is 6.39. The Hall–Kier alpha value is -3.87. The number of ketones is 2. The summed E-state index contributed by atoms with van der Waals surface area (Å²) in [6.07, 6.45) is 2.85. The van der Waals surface area contributed by atoms with E-state index in [1.54, 1.807) is 24.3 Å². The minimum atomic E-state index is -1.01. The summed E-state index contributed by atoms with van der Waals surface area (Å²) in [4.78, 5) is 42.3. The zero-order valence-corrected chi connectivity index (χ0v) is 28.7. The summed E-state index contributed by atoms with van der Waals surface area (Å²) in [6.45, 7) is 9.24. The number of halogens is 2. The highest BCUT2D eigenvalue weighted by Gasteiger charge is 2.49. The fourth-order valence-corrected chi connectivity index (χ4v) is 7.92. The van der Waals surface area contributed by atoms with Crippen LogP contribution in [0.4, 0.5) is 0 Å². The Morgan fingerprint density at radius 1 is 0.830 bits per heavy atom. The molecular weight excluding hydrogens is 633 g/mol. The number of allylic oxidation sites excluding steroid dienone is 4. The Morgan fingerprint density at radius 2 is 1.40 bits per heavy atom. The first-order valence-electron chi connectivity index (χ1n) is 16.0. The van der Waals surface area contributed by atoms with Crippen LogP contribution in [0.3, 0.4) is 0 Å². The molecular formula is C39H39Cl2NO5. The number of carbonyl (C=O) groups excluding carboxylic acids is 2. The number of nitrogens with zero attached hydrogens (tertiary/aromatic N) is 1. The van der Waals surface area contributed by atoms with E-state index in [0.717, 1.165) is 23.4 Å². The van der Waals surface area contributed by atoms with E-state index < -0.39 is 11.9 Å². The number of hydrogen-bond acceptors (Lipinski definition) is 5. The second-order valence-corrected chi connectivity index (χ2v) is 15.4. The maximum Gasteiger partial charge on any atom is 0.335 e. The van der Waals surface area contributed by atoms with Crippen molar-refractivity contribution in [3.63, 3.8) is 0 Å². The molecule has 0 saturated carbocycles. The summed E-state index contributed by atoms with van der Waals surface area (Å²) in [7, 11) is 0. The number of carbonyl (C=O) groups is 3. The van der Waals surface area contributed by atoms with Crippen molar-refractivity contribution >= 4 is 40.7 Å². The van der Waals surface area contributed by atoms with Crippen molar-refractivity contribution in [3.05, 3.63) is 122 Å². The smallest absolute Gasteiger partial charge is 0.335 e. The van der Waals surface area contributed by atoms with E-state index in [2.05, 4.69) is 44.7 Å². The Morgan fingerprint density at radius 3 is 1.96 bits per heavy atom. The fraction of sp³-hybridized carbons (Fsp3) is 0.359. The third kappa shape index (κ3) is 6.77. The summed E-state index contributed by atoms with van der Waals surface area (Å²) in [6, 6.07) is 20.1. The molecule has 3 aromatic carbocycles. The van der Waals surface area contributed by atoms with E-state index in [4.69, 9.17) is 27.9 Å². The van der Waals surface area contributed by atoms with Crippen molar-refractivity contribution in [2.45, 2.75) is 72.3 Å². The minimum absolute atomic E-state index is 0.0152. The molecule has 6 nitrogen and oxygen atoms in total. The standard InChI is InChI=1S/C39H39Cl2NO5/c1-38(2)18-29-34(31(43)20-38)33(27-16-26(40)17-28(41)36(27)47-22-24-10-12-25(13-11-24)37(45)46)35-30(19-39(3,4)21-32(35)44)42(29)15-14-23-8-6-5-7-9-23/h5-13,16-17,33H,14-15,18-22H2,1-4H3,(H,45,46). The third-order valence-corrected chi connectivity index (χ3v) is 9.92. The van der Waals surface area contributed by atoms with Crippen LogP contribution in [-0.4, -0.2) is 34.1 Å². The van der Waals surface area contributed by atoms with Crippen molar-refractivity contribution < 1.29 is 24.2 Å². The Kier molecular flexibility index (Phi) is 8.88. The topological polar surface area (TPSA) is 83.9 Å². The molecule has 3 aliphatic rings. The van der Waals surface area contributed by atoms with Crippen molar-refractivity contribution in [1.82, 2.24) is 4.90 Å². The number of benzene rings is 3. The maximum atomic E-state index is 14.3. The van der Waals surface area contributed by atoms with Gasteiger partial charge in [-0.2, -0.15) is 0 Å². The Bertz CT molecular complexity index is 1770. The van der Waals surface area contributed by atoms with Crippen molar-refractivity contribution in [1.29, 1.82) is 0 Å². The SMILES string of the molecule is CC1(C)CC(=O)C2=C(C1)N(CCc1ccccc1)C1=C(C(=O)CC(C)(C)C1)C2c1cc(Cl)cc(Cl)c1OCc1ccc(C(=O)O)cc1. The lowest BCUT2D eigenvalue weighted by atomic mass is 9.63. The van der Waals surface area contributed by atoms with Crippen LogP contribution in [0.1, 0.15) is 86.3 Å². The van der Waals surface area contributed by atoms with Gasteiger partial charge in [0.1, 0.15) is 12.4 Å². The average molecular weight is 673 g/mol. The second-order valence-electron chi connectivity index (χ2n) is 14.5. The van der Waals surface area contributed by atoms with Gasteiger partial charge in [-0.3, -0.25) is 9.59 Å². The van der Waals surface area contributed by atoms with Gasteiger partial charge in [-0.25, -0.2) is 4.79 Å². The predicted molar refractivity (Wildman–Crippen MR) is 184 cm³/mol. The van der Waals surface area contributed by atoms with Crippen molar-refractivity contribution in [2.24, 2.45) is 10.8 Å². The van der Waals surface area contributed by atoms with Crippen LogP contribution < -0.4 is 4.74 Å². The molecule has 0 amide bonds. The molecule has 2 aliphatic carbocycles. The van der Waals surface area contributed by atoms with Crippen LogP contribution in [0, 0.1) is 10.8 Å². The fourth-order valence-electron chi connectivity index (χ4n) is 7.36. The molecule has 6 rings (SSSR count). The maximum absolute atomic E-state index is 14.3. The molecule has 244 valence electrons. The second kappa shape index (κ2) is 12.6. The highest BCUT2D eigenvalue weighted by atomic mass is 35.5. The van der Waals surface area contributed by atoms with Crippen LogP contribution in [0.5, 0.6) is 5.75 Å². The molecule has 0 fully saturated rings. The van der Waals surface area contributed by atoms with Crippen LogP contribution in [-0.2, 0) is 22.6 Å². The first-order chi connectivity index (χ1) is 22.2. The molecule has 1 N–H and O–H groups in total. The van der Waals surface area contributed by atoms with Gasteiger partial charge in [0, 0.05) is 58.4 Å². The molecule has 0 spiro atoms. The molecule has 0 unspecified atom stereocenters. The number of carboxylic acids is 1. The van der Waals surface area contributed by atoms with Crippen LogP contribution in [0.2, 0.25) is 10.0 Å². The molecule has 0 saturated heterocycles. The quantitative estimate of drug-likeness (QED) is 0.257. The first kappa shape index (κ1) is 33.0. The van der Waals surface area contributed by atoms with Gasteiger partial charge in [0.05, 0.1) is 10.6 Å². The molecule has 8 heteroatoms. The molecule has 0 atom stereocenters. The summed E-state index contributed by atoms with van der Waals surface area (Å²) >= 11 is 13.5. The van der Waals surface area contributed by atoms with Crippen LogP contribution >= 0.6 is 23.2 Å². The van der Waals surface area contributed by atoms with Gasteiger partial charge in [0.25, 0.3) is 0 Å². The molecule has 0 bridgehead atoms. The lowest BCUT2D eigenvalue weighted by molar-refractivity contribution is -0.119. The predicted octanol–water partition coefficient (Wildman–Crippen LogP) is 9.20. The number of ether oxygens (including phenoxy) is 1. The van der Waals surface area contributed by atoms with Gasteiger partial charge >= 0.3 is 5.97 Å². The normalized spacial score (nSPS) is 19.1. The lowest BCUT2D eigenvalue weighted by Gasteiger charge is -2.49. The van der Waals surface area contributed by atoms with Gasteiger partial charge in [-0.05, 0) is 65.5 Å². The molecule has 0 radical (unpaired) electrons. The zero-order valence-electron chi connectivity index (χ0n) is 27.2. The van der Waals surface area contributed by atoms with Crippen LogP contribution in [0.15, 0.2) is 89.3 Å². The largest absolute Gasteiger partial charge is 0.487 e. The number of rotatable bonds is 8. The van der Waals surface area contributed by atoms with Gasteiger partial charge in [-0.15, -0.1) is 0 Å². The zero-order chi connectivity index (χ0) is 33.7. The Balaban J connectivity index is 1.51. The van der Waals surface area contributed by atoms with Gasteiger partial charge < -0.3 is 14.7 Å². The number of Topliss-reactive ketones (excluding diaryl/α,β-unsaturated/α-hetero) is 2. The van der Waals surface area contributed by atoms with Gasteiger partial charge in [0.2, 0.25) is 0 Å². The van der Waals surface area contributed by atoms with Crippen molar-refractivity contribution in [3.8, 4) is 5.75 Å². The summed E-state index contributed by atoms with van der Waals surface area (Å²) in [5, 5.41) is 9.96. The first-order valence-corrected chi connectivity index (χ1v) is 16.8. The van der Waals surface area contributed by atoms with E-state index >= 15 is 0 Å². The average Bonchev–Trinajstić information content (AvgIpc) is 2.98. The van der Waals surface area contributed by atoms with Crippen LogP contribution in [0.25, 0.3) is 0 Å². The minimum Gasteiger partial charge on any atom is -0.487 e. The third-order valence-electron chi connectivity index (χ3n) is 9.42. The van der Waals surface area contributed by atoms with Gasteiger partial charge in [0.15, 0.2) is 11.6 Å². The number of aromatic carboxylic acids is 1. The highest BCUT2D eigenvalue weighted by Crippen LogP contribution is 2.56. The van der Waals surface area contributed by atoms with E-state index in [1.807, 2.05) is 18.2 Å². The van der Waals surface area contributed by atoms with E-state index in [-0.39, 0.29) is 39.6 Å². The molecule has 1 heterocycles. The molecule has 3 aromatic rings. The monoisotopic (exact) mass is 671 g/mol. The molecule has 1 aliphatic heterocycles. The molecule has 0 aromatic heterocycles. The summed E-state index contributed by atoms with van der Waals surface area (Å²) in [5.41, 5.74) is 5.35. The highest BCUT2D eigenvalue weighted by molar-refractivity contribution is 6.35. The Labute approximate surface area is 286 Å². The van der Waals surface area contributed by atoms with E-state index in [1.165, 1.54) is 17.7 Å². The van der Waals surface area contributed by atoms with Crippen molar-refractivity contribution in [2.75, 3.05) is 6.54 Å². The molecule has 47 heavy (non-hydrogen) atoms. The van der Waals surface area contributed by atoms with E-state index in [9.17, 15) is 19.5 Å². The van der Waals surface area contributed by atoms with E-state index in [0.29, 0.717) is 59.7 Å². The summed E-state index contributed by atoms with van der Waals surface area (Å²) in [5.74, 6) is -1.30. The van der Waals surface area contributed by atoms with Gasteiger partial charge in [-0.1, -0.05) is 93.4 Å².